The maximum Gasteiger partial charge on any atom is 0.230 e. The Balaban J connectivity index is 1.77. The lowest BCUT2D eigenvalue weighted by atomic mass is 9.89. The molecule has 0 aromatic carbocycles. The van der Waals surface area contributed by atoms with Gasteiger partial charge in [0.15, 0.2) is 0 Å². The second kappa shape index (κ2) is 4.13. The Morgan fingerprint density at radius 2 is 2.25 bits per heavy atom. The molecule has 0 amide bonds. The summed E-state index contributed by atoms with van der Waals surface area (Å²) in [4.78, 5) is 0.215. The molecule has 4 heteroatoms. The summed E-state index contributed by atoms with van der Waals surface area (Å²) >= 11 is 3.55. The monoisotopic (exact) mass is 284 g/mol. The van der Waals surface area contributed by atoms with Crippen LogP contribution in [0.3, 0.4) is 0 Å². The summed E-state index contributed by atoms with van der Waals surface area (Å²) in [6.07, 6.45) is 6.41. The Labute approximate surface area is 104 Å². The molecule has 1 aromatic rings. The highest BCUT2D eigenvalue weighted by Crippen LogP contribution is 2.52. The summed E-state index contributed by atoms with van der Waals surface area (Å²) in [7, 11) is 0. The molecule has 16 heavy (non-hydrogen) atoms. The zero-order valence-corrected chi connectivity index (χ0v) is 11.1. The molecule has 3 rings (SSSR count). The molecule has 2 fully saturated rings. The zero-order chi connectivity index (χ0) is 11.1. The highest BCUT2D eigenvalue weighted by Gasteiger charge is 2.42. The summed E-state index contributed by atoms with van der Waals surface area (Å²) in [5, 5.41) is 8.39. The van der Waals surface area contributed by atoms with Gasteiger partial charge in [-0.2, -0.15) is 0 Å². The molecule has 1 aromatic heterocycles. The number of hydrogen-bond acceptors (Lipinski definition) is 3. The van der Waals surface area contributed by atoms with Crippen LogP contribution in [0.25, 0.3) is 0 Å². The molecule has 1 heterocycles. The highest BCUT2D eigenvalue weighted by molar-refractivity contribution is 9.09. The maximum absolute atomic E-state index is 5.80. The Bertz CT molecular complexity index is 379. The van der Waals surface area contributed by atoms with E-state index in [1.165, 1.54) is 25.7 Å². The van der Waals surface area contributed by atoms with Crippen molar-refractivity contribution in [3.05, 3.63) is 11.8 Å². The van der Waals surface area contributed by atoms with Gasteiger partial charge in [0, 0.05) is 5.92 Å². The molecule has 4 unspecified atom stereocenters. The number of alkyl halides is 1. The quantitative estimate of drug-likeness (QED) is 0.792. The first-order valence-electron chi connectivity index (χ1n) is 6.25. The van der Waals surface area contributed by atoms with Crippen LogP contribution in [0.1, 0.15) is 61.6 Å². The van der Waals surface area contributed by atoms with Crippen molar-refractivity contribution in [3.8, 4) is 0 Å². The summed E-state index contributed by atoms with van der Waals surface area (Å²) in [6.45, 7) is 2.11. The smallest absolute Gasteiger partial charge is 0.230 e. The van der Waals surface area contributed by atoms with Gasteiger partial charge in [-0.3, -0.25) is 0 Å². The van der Waals surface area contributed by atoms with Crippen molar-refractivity contribution in [2.75, 3.05) is 0 Å². The minimum atomic E-state index is 0.215. The summed E-state index contributed by atoms with van der Waals surface area (Å²) in [6, 6.07) is 0. The van der Waals surface area contributed by atoms with Gasteiger partial charge >= 0.3 is 0 Å². The van der Waals surface area contributed by atoms with Crippen molar-refractivity contribution in [3.63, 3.8) is 0 Å². The van der Waals surface area contributed by atoms with Crippen LogP contribution in [0.15, 0.2) is 4.42 Å². The summed E-state index contributed by atoms with van der Waals surface area (Å²) < 4.78 is 5.80. The summed E-state index contributed by atoms with van der Waals surface area (Å²) in [5.74, 6) is 3.93. The van der Waals surface area contributed by atoms with Crippen molar-refractivity contribution in [2.45, 2.75) is 49.8 Å². The molecule has 3 nitrogen and oxygen atoms in total. The van der Waals surface area contributed by atoms with Crippen LogP contribution < -0.4 is 0 Å². The van der Waals surface area contributed by atoms with Gasteiger partial charge in [0.1, 0.15) is 0 Å². The van der Waals surface area contributed by atoms with E-state index in [1.807, 2.05) is 0 Å². The molecule has 0 N–H and O–H groups in total. The fourth-order valence-corrected chi connectivity index (χ4v) is 3.43. The second-order valence-corrected chi connectivity index (χ2v) is 6.24. The standard InChI is InChI=1S/C12H17BrN2O/c1-2-10(13)12-15-14-11(16-12)9-6-7-3-4-8(9)5-7/h7-10H,2-6H2,1H3. The predicted octanol–water partition coefficient (Wildman–Crippen LogP) is 3.82. The van der Waals surface area contributed by atoms with Gasteiger partial charge in [-0.15, -0.1) is 10.2 Å². The number of aromatic nitrogens is 2. The van der Waals surface area contributed by atoms with E-state index < -0.39 is 0 Å². The average molecular weight is 285 g/mol. The molecule has 2 saturated carbocycles. The van der Waals surface area contributed by atoms with E-state index in [0.29, 0.717) is 5.92 Å². The highest BCUT2D eigenvalue weighted by atomic mass is 79.9. The molecule has 0 aliphatic heterocycles. The Morgan fingerprint density at radius 1 is 1.38 bits per heavy atom. The molecular weight excluding hydrogens is 268 g/mol. The van der Waals surface area contributed by atoms with Crippen molar-refractivity contribution in [1.82, 2.24) is 10.2 Å². The fraction of sp³-hybridized carbons (Fsp3) is 0.833. The Kier molecular flexibility index (Phi) is 2.78. The molecule has 0 saturated heterocycles. The van der Waals surface area contributed by atoms with Crippen molar-refractivity contribution in [2.24, 2.45) is 11.8 Å². The lowest BCUT2D eigenvalue weighted by Crippen LogP contribution is -2.08. The first kappa shape index (κ1) is 10.8. The van der Waals surface area contributed by atoms with Gasteiger partial charge in [-0.05, 0) is 37.5 Å². The average Bonchev–Trinajstić information content (AvgIpc) is 3.02. The van der Waals surface area contributed by atoms with Gasteiger partial charge in [0.25, 0.3) is 0 Å². The Hall–Kier alpha value is -0.380. The number of nitrogens with zero attached hydrogens (tertiary/aromatic N) is 2. The van der Waals surface area contributed by atoms with Crippen molar-refractivity contribution < 1.29 is 4.42 Å². The van der Waals surface area contributed by atoms with E-state index in [4.69, 9.17) is 4.42 Å². The first-order valence-corrected chi connectivity index (χ1v) is 7.16. The fourth-order valence-electron chi connectivity index (χ4n) is 3.24. The van der Waals surface area contributed by atoms with Gasteiger partial charge in [0.2, 0.25) is 11.8 Å². The minimum Gasteiger partial charge on any atom is -0.424 e. The van der Waals surface area contributed by atoms with E-state index >= 15 is 0 Å². The van der Waals surface area contributed by atoms with Crippen molar-refractivity contribution >= 4 is 15.9 Å². The molecular formula is C12H17BrN2O. The zero-order valence-electron chi connectivity index (χ0n) is 9.53. The van der Waals surface area contributed by atoms with Crippen LogP contribution in [0.4, 0.5) is 0 Å². The van der Waals surface area contributed by atoms with Crippen LogP contribution >= 0.6 is 15.9 Å². The number of hydrogen-bond donors (Lipinski definition) is 0. The van der Waals surface area contributed by atoms with Crippen LogP contribution in [0.2, 0.25) is 0 Å². The normalized spacial score (nSPS) is 34.5. The van der Waals surface area contributed by atoms with Crippen LogP contribution in [0.5, 0.6) is 0 Å². The van der Waals surface area contributed by atoms with Gasteiger partial charge in [0.05, 0.1) is 4.83 Å². The third-order valence-corrected chi connectivity index (χ3v) is 5.18. The molecule has 88 valence electrons. The van der Waals surface area contributed by atoms with E-state index in [2.05, 4.69) is 33.1 Å². The van der Waals surface area contributed by atoms with Crippen LogP contribution in [-0.2, 0) is 0 Å². The third-order valence-electron chi connectivity index (χ3n) is 4.14. The second-order valence-electron chi connectivity index (χ2n) is 5.14. The number of fused-ring (bicyclic) bond motifs is 2. The molecule has 4 atom stereocenters. The van der Waals surface area contributed by atoms with E-state index in [-0.39, 0.29) is 4.83 Å². The molecule has 0 spiro atoms. The molecule has 2 aliphatic carbocycles. The van der Waals surface area contributed by atoms with Crippen LogP contribution in [0, 0.1) is 11.8 Å². The van der Waals surface area contributed by atoms with E-state index in [0.717, 1.165) is 30.0 Å². The lowest BCUT2D eigenvalue weighted by molar-refractivity contribution is 0.335. The van der Waals surface area contributed by atoms with Crippen molar-refractivity contribution in [1.29, 1.82) is 0 Å². The van der Waals surface area contributed by atoms with Gasteiger partial charge in [-0.25, -0.2) is 0 Å². The Morgan fingerprint density at radius 3 is 2.88 bits per heavy atom. The SMILES string of the molecule is CCC(Br)c1nnc(C2CC3CCC2C3)o1. The molecule has 2 aliphatic rings. The van der Waals surface area contributed by atoms with Crippen LogP contribution in [-0.4, -0.2) is 10.2 Å². The van der Waals surface area contributed by atoms with E-state index in [1.54, 1.807) is 0 Å². The number of halogens is 1. The maximum atomic E-state index is 5.80. The number of rotatable bonds is 3. The topological polar surface area (TPSA) is 38.9 Å². The van der Waals surface area contributed by atoms with E-state index in [9.17, 15) is 0 Å². The predicted molar refractivity (Wildman–Crippen MR) is 64.4 cm³/mol. The first-order chi connectivity index (χ1) is 7.78. The van der Waals surface area contributed by atoms with Gasteiger partial charge < -0.3 is 4.42 Å². The van der Waals surface area contributed by atoms with Gasteiger partial charge in [-0.1, -0.05) is 29.3 Å². The molecule has 2 bridgehead atoms. The lowest BCUT2D eigenvalue weighted by Gasteiger charge is -2.17. The minimum absolute atomic E-state index is 0.215. The molecule has 0 radical (unpaired) electrons. The summed E-state index contributed by atoms with van der Waals surface area (Å²) in [5.41, 5.74) is 0. The third kappa shape index (κ3) is 1.71. The largest absolute Gasteiger partial charge is 0.424 e.